The van der Waals surface area contributed by atoms with Crippen LogP contribution in [0.2, 0.25) is 0 Å². The molecule has 0 fully saturated rings. The molecule has 2 heterocycles. The highest BCUT2D eigenvalue weighted by Crippen LogP contribution is 2.30. The van der Waals surface area contributed by atoms with E-state index in [1.807, 2.05) is 72.9 Å². The number of hydrogen-bond acceptors (Lipinski definition) is 6. The molecule has 3 N–H and O–H groups in total. The summed E-state index contributed by atoms with van der Waals surface area (Å²) in [7, 11) is 0. The maximum absolute atomic E-state index is 12.7. The molecule has 4 rings (SSSR count). The van der Waals surface area contributed by atoms with Crippen LogP contribution in [-0.2, 0) is 16.1 Å². The Morgan fingerprint density at radius 2 is 1.79 bits per heavy atom. The minimum atomic E-state index is -1.07. The van der Waals surface area contributed by atoms with E-state index < -0.39 is 11.6 Å². The van der Waals surface area contributed by atoms with Gasteiger partial charge in [0.2, 0.25) is 11.6 Å². The molecule has 34 heavy (non-hydrogen) atoms. The van der Waals surface area contributed by atoms with Gasteiger partial charge in [-0.25, -0.2) is 0 Å². The molecule has 0 unspecified atom stereocenters. The molecule has 0 aliphatic carbocycles. The van der Waals surface area contributed by atoms with Crippen LogP contribution in [0, 0.1) is 0 Å². The van der Waals surface area contributed by atoms with Gasteiger partial charge >= 0.3 is 0 Å². The van der Waals surface area contributed by atoms with Crippen molar-refractivity contribution in [1.29, 1.82) is 0 Å². The minimum Gasteiger partial charge on any atom is -0.453 e. The van der Waals surface area contributed by atoms with E-state index in [0.717, 1.165) is 10.0 Å². The van der Waals surface area contributed by atoms with Crippen LogP contribution >= 0.6 is 15.9 Å². The maximum Gasteiger partial charge on any atom is 0.240 e. The normalized spacial score (nSPS) is 12.5. The highest BCUT2D eigenvalue weighted by atomic mass is 79.9. The summed E-state index contributed by atoms with van der Waals surface area (Å²) >= 11 is 3.54. The van der Waals surface area contributed by atoms with Crippen molar-refractivity contribution in [2.75, 3.05) is 6.61 Å². The van der Waals surface area contributed by atoms with Gasteiger partial charge < -0.3 is 20.5 Å². The molecule has 0 spiro atoms. The molecule has 0 aliphatic heterocycles. The molecule has 9 heteroatoms. The number of fused-ring (bicyclic) bond motifs is 1. The second-order valence-electron chi connectivity index (χ2n) is 8.44. The lowest BCUT2D eigenvalue weighted by molar-refractivity contribution is -0.126. The molecule has 0 saturated carbocycles. The van der Waals surface area contributed by atoms with E-state index in [1.165, 1.54) is 0 Å². The number of nitrogens with two attached hydrogens (primary N) is 1. The molecule has 0 saturated heterocycles. The number of aromatic nitrogens is 3. The number of rotatable bonds is 9. The van der Waals surface area contributed by atoms with Crippen molar-refractivity contribution in [3.8, 4) is 11.5 Å². The minimum absolute atomic E-state index is 0.179. The third kappa shape index (κ3) is 5.80. The first-order valence-corrected chi connectivity index (χ1v) is 11.6. The Bertz CT molecular complexity index is 1260. The molecule has 2 aromatic heterocycles. The van der Waals surface area contributed by atoms with Crippen LogP contribution in [0.3, 0.4) is 0 Å². The summed E-state index contributed by atoms with van der Waals surface area (Å²) in [6.45, 7) is 3.87. The quantitative estimate of drug-likeness (QED) is 0.337. The van der Waals surface area contributed by atoms with Gasteiger partial charge in [0.05, 0.1) is 18.8 Å². The van der Waals surface area contributed by atoms with Gasteiger partial charge in [0.25, 0.3) is 0 Å². The number of hydrogen-bond donors (Lipinski definition) is 2. The number of amides is 1. The van der Waals surface area contributed by atoms with Crippen LogP contribution in [0.1, 0.15) is 31.3 Å². The number of benzene rings is 2. The van der Waals surface area contributed by atoms with Crippen LogP contribution in [0.25, 0.3) is 5.65 Å². The summed E-state index contributed by atoms with van der Waals surface area (Å²) in [4.78, 5) is 12.7. The molecule has 1 atom stereocenters. The fourth-order valence-electron chi connectivity index (χ4n) is 3.27. The van der Waals surface area contributed by atoms with Gasteiger partial charge in [0.1, 0.15) is 11.8 Å². The van der Waals surface area contributed by atoms with E-state index in [2.05, 4.69) is 31.4 Å². The van der Waals surface area contributed by atoms with Gasteiger partial charge in [0, 0.05) is 16.7 Å². The molecule has 4 aromatic rings. The summed E-state index contributed by atoms with van der Waals surface area (Å²) in [6.07, 6.45) is 1.83. The number of halogens is 1. The Morgan fingerprint density at radius 1 is 1.12 bits per heavy atom. The predicted octanol–water partition coefficient (Wildman–Crippen LogP) is 4.40. The van der Waals surface area contributed by atoms with Gasteiger partial charge in [-0.15, -0.1) is 10.2 Å². The molecule has 0 bridgehead atoms. The predicted molar refractivity (Wildman–Crippen MR) is 132 cm³/mol. The lowest BCUT2D eigenvalue weighted by atomic mass is 10.1. The number of carbonyl (C=O) groups is 1. The highest BCUT2D eigenvalue weighted by molar-refractivity contribution is 9.10. The summed E-state index contributed by atoms with van der Waals surface area (Å²) in [5.74, 6) is 1.37. The summed E-state index contributed by atoms with van der Waals surface area (Å²) in [5, 5.41) is 11.7. The first-order valence-electron chi connectivity index (χ1n) is 10.8. The Hall–Kier alpha value is -3.27. The van der Waals surface area contributed by atoms with E-state index in [9.17, 15) is 4.79 Å². The maximum atomic E-state index is 12.7. The number of pyridine rings is 1. The fourth-order valence-corrected chi connectivity index (χ4v) is 3.68. The zero-order valence-electron chi connectivity index (χ0n) is 18.9. The van der Waals surface area contributed by atoms with Gasteiger partial charge in [-0.3, -0.25) is 9.20 Å². The first kappa shape index (κ1) is 23.9. The lowest BCUT2D eigenvalue weighted by Crippen LogP contribution is -2.50. The average molecular weight is 524 g/mol. The fraction of sp³-hybridized carbons (Fsp3) is 0.240. The van der Waals surface area contributed by atoms with Crippen molar-refractivity contribution in [3.05, 3.63) is 88.8 Å². The summed E-state index contributed by atoms with van der Waals surface area (Å²) < 4.78 is 14.5. The molecule has 176 valence electrons. The Morgan fingerprint density at radius 3 is 2.47 bits per heavy atom. The zero-order chi connectivity index (χ0) is 24.1. The number of nitrogens with zero attached hydrogens (tertiary/aromatic N) is 3. The Labute approximate surface area is 206 Å². The highest BCUT2D eigenvalue weighted by Gasteiger charge is 2.28. The van der Waals surface area contributed by atoms with Crippen molar-refractivity contribution in [3.63, 3.8) is 0 Å². The van der Waals surface area contributed by atoms with Crippen LogP contribution in [-0.4, -0.2) is 32.7 Å². The van der Waals surface area contributed by atoms with Crippen molar-refractivity contribution >= 4 is 27.5 Å². The number of carbonyl (C=O) groups excluding carboxylic acids is 1. The second-order valence-corrected chi connectivity index (χ2v) is 9.35. The molecule has 0 radical (unpaired) electrons. The van der Waals surface area contributed by atoms with E-state index in [1.54, 1.807) is 18.2 Å². The molecule has 0 aliphatic rings. The Kier molecular flexibility index (Phi) is 7.26. The number of para-hydroxylation sites is 1. The molecule has 2 aromatic carbocycles. The van der Waals surface area contributed by atoms with Crippen molar-refractivity contribution < 1.29 is 14.3 Å². The number of ether oxygens (including phenoxy) is 2. The van der Waals surface area contributed by atoms with Crippen molar-refractivity contribution in [2.45, 2.75) is 32.0 Å². The topological polar surface area (TPSA) is 104 Å². The molecular weight excluding hydrogens is 498 g/mol. The van der Waals surface area contributed by atoms with Crippen molar-refractivity contribution in [2.24, 2.45) is 5.73 Å². The smallest absolute Gasteiger partial charge is 0.240 e. The van der Waals surface area contributed by atoms with Gasteiger partial charge in [-0.1, -0.05) is 48.5 Å². The standard InChI is InChI=1S/C25H26BrN5O3/c1-25(2,27)24(32)28-20(16-33-15-17-9-5-3-6-10-17)22-29-30-23-21(13-18(26)14-31(22)23)34-19-11-7-4-8-12-19/h3-14,20H,15-16,27H2,1-2H3,(H,28,32)/t20-/m1/s1. The zero-order valence-corrected chi connectivity index (χ0v) is 20.5. The lowest BCUT2D eigenvalue weighted by Gasteiger charge is -2.23. The molecular formula is C25H26BrN5O3. The third-order valence-corrected chi connectivity index (χ3v) is 5.47. The largest absolute Gasteiger partial charge is 0.453 e. The number of nitrogens with one attached hydrogen (secondary N) is 1. The van der Waals surface area contributed by atoms with Crippen LogP contribution < -0.4 is 15.8 Å². The molecule has 1 amide bonds. The van der Waals surface area contributed by atoms with E-state index in [4.69, 9.17) is 15.2 Å². The third-order valence-electron chi connectivity index (χ3n) is 5.03. The van der Waals surface area contributed by atoms with Gasteiger partial charge in [-0.05, 0) is 47.5 Å². The Balaban J connectivity index is 1.64. The molecule has 8 nitrogen and oxygen atoms in total. The van der Waals surface area contributed by atoms with Crippen LogP contribution in [0.4, 0.5) is 0 Å². The second kappa shape index (κ2) is 10.3. The first-order chi connectivity index (χ1) is 16.3. The van der Waals surface area contributed by atoms with Gasteiger partial charge in [0.15, 0.2) is 11.6 Å². The van der Waals surface area contributed by atoms with E-state index in [-0.39, 0.29) is 12.5 Å². The SMILES string of the molecule is CC(C)(N)C(=O)N[C@H](COCc1ccccc1)c1nnc2c(Oc3ccccc3)cc(Br)cn12. The van der Waals surface area contributed by atoms with E-state index >= 15 is 0 Å². The van der Waals surface area contributed by atoms with Crippen molar-refractivity contribution in [1.82, 2.24) is 19.9 Å². The summed E-state index contributed by atoms with van der Waals surface area (Å²) in [6, 6.07) is 20.5. The van der Waals surface area contributed by atoms with Crippen LogP contribution in [0.5, 0.6) is 11.5 Å². The van der Waals surface area contributed by atoms with Crippen LogP contribution in [0.15, 0.2) is 77.4 Å². The van der Waals surface area contributed by atoms with E-state index in [0.29, 0.717) is 29.6 Å². The van der Waals surface area contributed by atoms with Gasteiger partial charge in [-0.2, -0.15) is 0 Å². The average Bonchev–Trinajstić information content (AvgIpc) is 3.23. The monoisotopic (exact) mass is 523 g/mol. The summed E-state index contributed by atoms with van der Waals surface area (Å²) in [5.41, 5.74) is 6.49.